The summed E-state index contributed by atoms with van der Waals surface area (Å²) < 4.78 is 7.43. The molecule has 1 aliphatic heterocycles. The summed E-state index contributed by atoms with van der Waals surface area (Å²) in [6.07, 6.45) is 5.82. The van der Waals surface area contributed by atoms with Gasteiger partial charge < -0.3 is 19.7 Å². The van der Waals surface area contributed by atoms with Crippen LogP contribution in [-0.4, -0.2) is 40.4 Å². The smallest absolute Gasteiger partial charge is 0.268 e. The van der Waals surface area contributed by atoms with Crippen LogP contribution in [0.4, 0.5) is 0 Å². The van der Waals surface area contributed by atoms with Crippen LogP contribution in [0, 0.1) is 0 Å². The summed E-state index contributed by atoms with van der Waals surface area (Å²) in [4.78, 5) is 12.3. The predicted molar refractivity (Wildman–Crippen MR) is 74.6 cm³/mol. The summed E-state index contributed by atoms with van der Waals surface area (Å²) in [6, 6.07) is 4.21. The molecule has 2 N–H and O–H groups in total. The van der Waals surface area contributed by atoms with Crippen molar-refractivity contribution in [1.29, 1.82) is 0 Å². The molecule has 1 amide bonds. The van der Waals surface area contributed by atoms with E-state index in [0.29, 0.717) is 24.8 Å². The molecule has 5 nitrogen and oxygen atoms in total. The Hall–Kier alpha value is -1.33. The molecule has 3 rings (SSSR count). The minimum atomic E-state index is -0.941. The fourth-order valence-electron chi connectivity index (χ4n) is 2.90. The Bertz CT molecular complexity index is 495. The first-order valence-corrected chi connectivity index (χ1v) is 7.39. The van der Waals surface area contributed by atoms with E-state index in [1.165, 1.54) is 6.42 Å². The monoisotopic (exact) mass is 278 g/mol. The van der Waals surface area contributed by atoms with Gasteiger partial charge in [-0.05, 0) is 38.3 Å². The molecule has 0 radical (unpaired) electrons. The molecule has 110 valence electrons. The normalized spacial score (nSPS) is 30.2. The van der Waals surface area contributed by atoms with Crippen LogP contribution in [0.1, 0.15) is 49.1 Å². The van der Waals surface area contributed by atoms with Gasteiger partial charge in [0.25, 0.3) is 5.91 Å². The lowest BCUT2D eigenvalue weighted by atomic mass is 9.93. The Morgan fingerprint density at radius 1 is 1.60 bits per heavy atom. The maximum absolute atomic E-state index is 12.3. The molecule has 0 spiro atoms. The van der Waals surface area contributed by atoms with Crippen LogP contribution >= 0.6 is 0 Å². The van der Waals surface area contributed by atoms with Crippen molar-refractivity contribution in [3.63, 3.8) is 0 Å². The van der Waals surface area contributed by atoms with E-state index in [1.54, 1.807) is 0 Å². The van der Waals surface area contributed by atoms with Gasteiger partial charge in [0, 0.05) is 31.8 Å². The fourth-order valence-corrected chi connectivity index (χ4v) is 2.90. The topological polar surface area (TPSA) is 63.5 Å². The van der Waals surface area contributed by atoms with E-state index in [9.17, 15) is 9.90 Å². The Morgan fingerprint density at radius 3 is 3.00 bits per heavy atom. The van der Waals surface area contributed by atoms with Crippen molar-refractivity contribution in [1.82, 2.24) is 9.88 Å². The van der Waals surface area contributed by atoms with Gasteiger partial charge >= 0.3 is 0 Å². The van der Waals surface area contributed by atoms with E-state index in [1.807, 2.05) is 25.3 Å². The highest BCUT2D eigenvalue weighted by atomic mass is 16.5. The number of carbonyl (C=O) groups is 1. The lowest BCUT2D eigenvalue weighted by molar-refractivity contribution is -0.0252. The summed E-state index contributed by atoms with van der Waals surface area (Å²) >= 11 is 0. The summed E-state index contributed by atoms with van der Waals surface area (Å²) in [7, 11) is 0. The lowest BCUT2D eigenvalue weighted by Gasteiger charge is -2.29. The van der Waals surface area contributed by atoms with Gasteiger partial charge in [-0.25, -0.2) is 0 Å². The van der Waals surface area contributed by atoms with Crippen LogP contribution in [0.15, 0.2) is 18.3 Å². The molecular weight excluding hydrogens is 256 g/mol. The molecule has 0 bridgehead atoms. The highest BCUT2D eigenvalue weighted by Crippen LogP contribution is 2.32. The zero-order chi connectivity index (χ0) is 14.2. The third-order valence-corrected chi connectivity index (χ3v) is 4.69. The predicted octanol–water partition coefficient (Wildman–Crippen LogP) is 1.48. The number of ether oxygens (including phenoxy) is 1. The van der Waals surface area contributed by atoms with Crippen molar-refractivity contribution in [2.45, 2.75) is 50.4 Å². The number of hydrogen-bond donors (Lipinski definition) is 2. The first-order valence-electron chi connectivity index (χ1n) is 7.39. The van der Waals surface area contributed by atoms with Crippen molar-refractivity contribution in [3.8, 4) is 0 Å². The van der Waals surface area contributed by atoms with E-state index in [2.05, 4.69) is 9.88 Å². The first-order chi connectivity index (χ1) is 9.60. The van der Waals surface area contributed by atoms with Gasteiger partial charge in [0.2, 0.25) is 0 Å². The molecule has 2 fully saturated rings. The second-order valence-corrected chi connectivity index (χ2v) is 5.93. The molecule has 2 atom stereocenters. The third kappa shape index (κ3) is 2.36. The molecule has 1 aromatic heterocycles. The van der Waals surface area contributed by atoms with Crippen LogP contribution < -0.4 is 5.32 Å². The van der Waals surface area contributed by atoms with Gasteiger partial charge in [0.1, 0.15) is 11.3 Å². The van der Waals surface area contributed by atoms with Gasteiger partial charge in [-0.1, -0.05) is 0 Å². The van der Waals surface area contributed by atoms with Gasteiger partial charge in [-0.2, -0.15) is 0 Å². The largest absolute Gasteiger partial charge is 0.385 e. The van der Waals surface area contributed by atoms with Crippen LogP contribution in [0.2, 0.25) is 0 Å². The Labute approximate surface area is 118 Å². The number of nitrogens with one attached hydrogen (secondary N) is 1. The summed E-state index contributed by atoms with van der Waals surface area (Å²) in [5.74, 6) is -0.116. The van der Waals surface area contributed by atoms with Crippen LogP contribution in [0.3, 0.4) is 0 Å². The van der Waals surface area contributed by atoms with Crippen molar-refractivity contribution in [3.05, 3.63) is 24.0 Å². The second kappa shape index (κ2) is 5.22. The Balaban J connectivity index is 1.63. The van der Waals surface area contributed by atoms with Gasteiger partial charge in [0.05, 0.1) is 6.10 Å². The summed E-state index contributed by atoms with van der Waals surface area (Å²) in [6.45, 7) is 2.63. The zero-order valence-corrected chi connectivity index (χ0v) is 11.8. The number of aliphatic hydroxyl groups is 1. The Kier molecular flexibility index (Phi) is 3.56. The summed E-state index contributed by atoms with van der Waals surface area (Å²) in [5, 5.41) is 13.2. The second-order valence-electron chi connectivity index (χ2n) is 5.93. The highest BCUT2D eigenvalue weighted by molar-refractivity contribution is 5.92. The molecule has 0 aromatic carbocycles. The van der Waals surface area contributed by atoms with Crippen molar-refractivity contribution in [2.75, 3.05) is 13.2 Å². The minimum absolute atomic E-state index is 0.116. The number of amides is 1. The lowest BCUT2D eigenvalue weighted by Crippen LogP contribution is -2.47. The van der Waals surface area contributed by atoms with Gasteiger partial charge in [-0.3, -0.25) is 4.79 Å². The zero-order valence-electron chi connectivity index (χ0n) is 11.8. The fraction of sp³-hybridized carbons (Fsp3) is 0.667. The number of aromatic nitrogens is 1. The molecule has 1 aliphatic carbocycles. The molecule has 1 saturated carbocycles. The van der Waals surface area contributed by atoms with E-state index in [-0.39, 0.29) is 18.6 Å². The van der Waals surface area contributed by atoms with Crippen molar-refractivity contribution in [2.24, 2.45) is 0 Å². The number of rotatable bonds is 4. The van der Waals surface area contributed by atoms with Crippen molar-refractivity contribution < 1.29 is 14.6 Å². The van der Waals surface area contributed by atoms with E-state index >= 15 is 0 Å². The highest BCUT2D eigenvalue weighted by Gasteiger charge is 2.39. The standard InChI is InChI=1S/C15H22N2O3/c1-11-15(19,7-9-20-11)10-16-14(18)13-6-3-8-17(13)12-4-2-5-12/h3,6,8,11-12,19H,2,4-5,7,9-10H2,1H3,(H,16,18). The maximum atomic E-state index is 12.3. The number of hydrogen-bond acceptors (Lipinski definition) is 3. The first kappa shape index (κ1) is 13.6. The average Bonchev–Trinajstić information content (AvgIpc) is 2.94. The molecule has 20 heavy (non-hydrogen) atoms. The molecule has 2 aliphatic rings. The van der Waals surface area contributed by atoms with E-state index in [4.69, 9.17) is 4.74 Å². The Morgan fingerprint density at radius 2 is 2.40 bits per heavy atom. The van der Waals surface area contributed by atoms with Gasteiger partial charge in [-0.15, -0.1) is 0 Å². The average molecular weight is 278 g/mol. The maximum Gasteiger partial charge on any atom is 0.268 e. The molecule has 1 aromatic rings. The number of nitrogens with zero attached hydrogens (tertiary/aromatic N) is 1. The van der Waals surface area contributed by atoms with Crippen LogP contribution in [0.25, 0.3) is 0 Å². The van der Waals surface area contributed by atoms with E-state index < -0.39 is 5.60 Å². The van der Waals surface area contributed by atoms with Crippen LogP contribution in [-0.2, 0) is 4.74 Å². The van der Waals surface area contributed by atoms with Gasteiger partial charge in [0.15, 0.2) is 0 Å². The third-order valence-electron chi connectivity index (χ3n) is 4.69. The molecule has 2 unspecified atom stereocenters. The van der Waals surface area contributed by atoms with E-state index in [0.717, 1.165) is 12.8 Å². The summed E-state index contributed by atoms with van der Waals surface area (Å²) in [5.41, 5.74) is -0.256. The number of carbonyl (C=O) groups excluding carboxylic acids is 1. The molecular formula is C15H22N2O3. The minimum Gasteiger partial charge on any atom is -0.385 e. The quantitative estimate of drug-likeness (QED) is 0.877. The van der Waals surface area contributed by atoms with Crippen LogP contribution in [0.5, 0.6) is 0 Å². The SMILES string of the molecule is CC1OCCC1(O)CNC(=O)c1cccn1C1CCC1. The molecule has 2 heterocycles. The molecule has 1 saturated heterocycles. The molecule has 5 heteroatoms. The van der Waals surface area contributed by atoms with Crippen molar-refractivity contribution >= 4 is 5.91 Å².